The quantitative estimate of drug-likeness (QED) is 0.812. The highest BCUT2D eigenvalue weighted by Crippen LogP contribution is 2.27. The van der Waals surface area contributed by atoms with Gasteiger partial charge in [-0.1, -0.05) is 12.1 Å². The summed E-state index contributed by atoms with van der Waals surface area (Å²) in [4.78, 5) is 25.2. The molecule has 1 N–H and O–H groups in total. The number of carbonyl (C=O) groups is 2. The number of amides is 1. The molecule has 2 rings (SSSR count). The maximum Gasteiger partial charge on any atom is 0.305 e. The van der Waals surface area contributed by atoms with E-state index in [1.165, 1.54) is 0 Å². The molecule has 1 aromatic rings. The van der Waals surface area contributed by atoms with Crippen molar-refractivity contribution in [3.8, 4) is 5.75 Å². The molecule has 1 aliphatic heterocycles. The van der Waals surface area contributed by atoms with Crippen molar-refractivity contribution in [3.63, 3.8) is 0 Å². The number of halogens is 1. The topological polar surface area (TPSA) is 76.1 Å². The molecule has 1 aromatic carbocycles. The first-order valence-electron chi connectivity index (χ1n) is 7.38. The average molecular weight is 386 g/mol. The van der Waals surface area contributed by atoms with E-state index in [2.05, 4.69) is 15.9 Å². The third-order valence-electron chi connectivity index (χ3n) is 3.89. The number of nitrogens with zero attached hydrogens (tertiary/aromatic N) is 1. The van der Waals surface area contributed by atoms with Gasteiger partial charge in [-0.25, -0.2) is 0 Å². The Hall–Kier alpha value is -1.60. The molecule has 6 nitrogen and oxygen atoms in total. The summed E-state index contributed by atoms with van der Waals surface area (Å²) in [6.07, 6.45) is -0.413. The lowest BCUT2D eigenvalue weighted by Crippen LogP contribution is -2.44. The number of carboxylic acid groups (broad SMARTS) is 1. The number of rotatable bonds is 6. The van der Waals surface area contributed by atoms with E-state index in [1.54, 1.807) is 25.0 Å². The normalized spacial score (nSPS) is 22.0. The van der Waals surface area contributed by atoms with Crippen molar-refractivity contribution in [2.24, 2.45) is 0 Å². The van der Waals surface area contributed by atoms with Crippen LogP contribution in [0.3, 0.4) is 0 Å². The lowest BCUT2D eigenvalue weighted by atomic mass is 10.1. The maximum atomic E-state index is 12.7. The van der Waals surface area contributed by atoms with Gasteiger partial charge >= 0.3 is 5.97 Å². The third kappa shape index (κ3) is 4.45. The summed E-state index contributed by atoms with van der Waals surface area (Å²) in [7, 11) is 1.57. The highest BCUT2D eigenvalue weighted by molar-refractivity contribution is 9.10. The van der Waals surface area contributed by atoms with E-state index in [9.17, 15) is 9.59 Å². The number of aliphatic carboxylic acids is 1. The summed E-state index contributed by atoms with van der Waals surface area (Å²) in [5, 5.41) is 9.03. The van der Waals surface area contributed by atoms with Crippen molar-refractivity contribution < 1.29 is 24.2 Å². The Morgan fingerprint density at radius 3 is 2.74 bits per heavy atom. The summed E-state index contributed by atoms with van der Waals surface area (Å²) in [6.45, 7) is 2.05. The fraction of sp³-hybridized carbons (Fsp3) is 0.500. The van der Waals surface area contributed by atoms with Crippen molar-refractivity contribution >= 4 is 27.8 Å². The zero-order chi connectivity index (χ0) is 17.0. The van der Waals surface area contributed by atoms with Gasteiger partial charge in [0.25, 0.3) is 5.91 Å². The second kappa shape index (κ2) is 7.79. The van der Waals surface area contributed by atoms with Gasteiger partial charge in [0.2, 0.25) is 0 Å². The van der Waals surface area contributed by atoms with Crippen LogP contribution < -0.4 is 4.74 Å². The summed E-state index contributed by atoms with van der Waals surface area (Å²) in [5.74, 6) is -0.582. The van der Waals surface area contributed by atoms with Crippen molar-refractivity contribution in [1.29, 1.82) is 0 Å². The Balaban J connectivity index is 2.07. The Bertz CT molecular complexity index is 579. The average Bonchev–Trinajstić information content (AvgIpc) is 2.91. The minimum Gasteiger partial charge on any atom is -0.481 e. The lowest BCUT2D eigenvalue weighted by molar-refractivity contribution is -0.142. The maximum absolute atomic E-state index is 12.7. The number of hydrogen-bond donors (Lipinski definition) is 1. The summed E-state index contributed by atoms with van der Waals surface area (Å²) in [6, 6.07) is 6.91. The van der Waals surface area contributed by atoms with Gasteiger partial charge in [0.05, 0.1) is 17.0 Å². The van der Waals surface area contributed by atoms with Crippen LogP contribution in [-0.4, -0.2) is 53.8 Å². The number of para-hydroxylation sites is 1. The van der Waals surface area contributed by atoms with E-state index in [1.807, 2.05) is 18.2 Å². The van der Waals surface area contributed by atoms with Gasteiger partial charge in [-0.15, -0.1) is 0 Å². The number of hydrogen-bond acceptors (Lipinski definition) is 4. The number of carboxylic acids is 1. The minimum atomic E-state index is -0.927. The number of ether oxygens (including phenoxy) is 2. The van der Waals surface area contributed by atoms with E-state index in [4.69, 9.17) is 14.6 Å². The standard InChI is InChI=1S/C16H20BrNO5/c1-10(23-14-6-4-3-5-13(14)17)16(21)18-9-12(22-2)7-11(18)8-15(19)20/h3-6,10-12H,7-9H2,1-2H3,(H,19,20). The molecule has 3 unspecified atom stereocenters. The zero-order valence-corrected chi connectivity index (χ0v) is 14.7. The van der Waals surface area contributed by atoms with Crippen LogP contribution in [0.5, 0.6) is 5.75 Å². The van der Waals surface area contributed by atoms with E-state index in [0.29, 0.717) is 18.7 Å². The van der Waals surface area contributed by atoms with Gasteiger partial charge in [-0.05, 0) is 41.4 Å². The molecule has 23 heavy (non-hydrogen) atoms. The monoisotopic (exact) mass is 385 g/mol. The van der Waals surface area contributed by atoms with E-state index >= 15 is 0 Å². The number of benzene rings is 1. The lowest BCUT2D eigenvalue weighted by Gasteiger charge is -2.26. The Morgan fingerprint density at radius 1 is 1.43 bits per heavy atom. The highest BCUT2D eigenvalue weighted by atomic mass is 79.9. The molecule has 0 radical (unpaired) electrons. The van der Waals surface area contributed by atoms with Crippen molar-refractivity contribution in [1.82, 2.24) is 4.90 Å². The summed E-state index contributed by atoms with van der Waals surface area (Å²) < 4.78 is 11.8. The van der Waals surface area contributed by atoms with Gasteiger partial charge in [0.1, 0.15) is 5.75 Å². The van der Waals surface area contributed by atoms with Gasteiger partial charge in [0, 0.05) is 19.7 Å². The molecule has 1 fully saturated rings. The fourth-order valence-electron chi connectivity index (χ4n) is 2.72. The first-order valence-corrected chi connectivity index (χ1v) is 8.18. The van der Waals surface area contributed by atoms with Gasteiger partial charge in [0.15, 0.2) is 6.10 Å². The van der Waals surface area contributed by atoms with E-state index < -0.39 is 12.1 Å². The predicted molar refractivity (Wildman–Crippen MR) is 87.4 cm³/mol. The van der Waals surface area contributed by atoms with Crippen LogP contribution in [-0.2, 0) is 14.3 Å². The van der Waals surface area contributed by atoms with Crippen molar-refractivity contribution in [2.75, 3.05) is 13.7 Å². The molecular weight excluding hydrogens is 366 g/mol. The number of methoxy groups -OCH3 is 1. The van der Waals surface area contributed by atoms with Gasteiger partial charge in [-0.3, -0.25) is 9.59 Å². The molecule has 0 aliphatic carbocycles. The van der Waals surface area contributed by atoms with Crippen LogP contribution in [0, 0.1) is 0 Å². The third-order valence-corrected chi connectivity index (χ3v) is 4.55. The van der Waals surface area contributed by atoms with Crippen LogP contribution in [0.2, 0.25) is 0 Å². The van der Waals surface area contributed by atoms with Crippen molar-refractivity contribution in [2.45, 2.75) is 38.0 Å². The van der Waals surface area contributed by atoms with Gasteiger partial charge in [-0.2, -0.15) is 0 Å². The molecule has 3 atom stereocenters. The number of carbonyl (C=O) groups excluding carboxylic acids is 1. The van der Waals surface area contributed by atoms with Crippen molar-refractivity contribution in [3.05, 3.63) is 28.7 Å². The van der Waals surface area contributed by atoms with Crippen LogP contribution in [0.15, 0.2) is 28.7 Å². The van der Waals surface area contributed by atoms with Crippen LogP contribution in [0.4, 0.5) is 0 Å². The molecule has 1 aliphatic rings. The molecule has 0 saturated carbocycles. The molecule has 0 spiro atoms. The first-order chi connectivity index (χ1) is 10.9. The Morgan fingerprint density at radius 2 is 2.13 bits per heavy atom. The largest absolute Gasteiger partial charge is 0.481 e. The van der Waals surface area contributed by atoms with Crippen LogP contribution >= 0.6 is 15.9 Å². The Kier molecular flexibility index (Phi) is 6.01. The molecule has 1 heterocycles. The second-order valence-electron chi connectivity index (χ2n) is 5.53. The molecule has 0 bridgehead atoms. The molecule has 1 amide bonds. The Labute approximate surface area is 143 Å². The summed E-state index contributed by atoms with van der Waals surface area (Å²) in [5.41, 5.74) is 0. The predicted octanol–water partition coefficient (Wildman–Crippen LogP) is 2.31. The SMILES string of the molecule is COC1CC(CC(=O)O)N(C(=O)C(C)Oc2ccccc2Br)C1. The summed E-state index contributed by atoms with van der Waals surface area (Å²) >= 11 is 3.38. The molecule has 1 saturated heterocycles. The van der Waals surface area contributed by atoms with Crippen LogP contribution in [0.25, 0.3) is 0 Å². The molecule has 126 valence electrons. The molecular formula is C16H20BrNO5. The van der Waals surface area contributed by atoms with Crippen LogP contribution in [0.1, 0.15) is 19.8 Å². The molecule has 7 heteroatoms. The number of likely N-dealkylation sites (tertiary alicyclic amines) is 1. The minimum absolute atomic E-state index is 0.0899. The van der Waals surface area contributed by atoms with E-state index in [-0.39, 0.29) is 24.5 Å². The second-order valence-corrected chi connectivity index (χ2v) is 6.38. The zero-order valence-electron chi connectivity index (χ0n) is 13.1. The van der Waals surface area contributed by atoms with Gasteiger partial charge < -0.3 is 19.5 Å². The first kappa shape index (κ1) is 17.7. The highest BCUT2D eigenvalue weighted by Gasteiger charge is 2.38. The smallest absolute Gasteiger partial charge is 0.305 e. The van der Waals surface area contributed by atoms with E-state index in [0.717, 1.165) is 4.47 Å². The fourth-order valence-corrected chi connectivity index (χ4v) is 3.10. The molecule has 0 aromatic heterocycles.